The first-order chi connectivity index (χ1) is 10.1. The van der Waals surface area contributed by atoms with Gasteiger partial charge < -0.3 is 4.42 Å². The molecule has 2 atom stereocenters. The number of nitrogens with zero attached hydrogens (tertiary/aromatic N) is 1. The third-order valence-corrected chi connectivity index (χ3v) is 5.49. The molecule has 0 aliphatic heterocycles. The van der Waals surface area contributed by atoms with Crippen LogP contribution >= 0.6 is 0 Å². The van der Waals surface area contributed by atoms with Crippen LogP contribution < -0.4 is 0 Å². The van der Waals surface area contributed by atoms with Crippen molar-refractivity contribution < 1.29 is 4.42 Å². The SMILES string of the molecule is CC(C)C1CC(C(C)C)C(C(C)C)C1.Cc1nc(C)c(C)o1. The molecule has 0 N–H and O–H groups in total. The van der Waals surface area contributed by atoms with Crippen LogP contribution in [0.4, 0.5) is 0 Å². The fourth-order valence-electron chi connectivity index (χ4n) is 3.86. The van der Waals surface area contributed by atoms with Crippen molar-refractivity contribution in [1.29, 1.82) is 0 Å². The Bertz CT molecular complexity index is 409. The zero-order valence-electron chi connectivity index (χ0n) is 16.2. The van der Waals surface area contributed by atoms with Gasteiger partial charge in [0, 0.05) is 6.92 Å². The Balaban J connectivity index is 0.000000255. The number of oxazole rings is 1. The summed E-state index contributed by atoms with van der Waals surface area (Å²) in [6.07, 6.45) is 2.97. The van der Waals surface area contributed by atoms with Gasteiger partial charge in [0.25, 0.3) is 0 Å². The van der Waals surface area contributed by atoms with Crippen LogP contribution in [0.2, 0.25) is 0 Å². The summed E-state index contributed by atoms with van der Waals surface area (Å²) in [6.45, 7) is 20.1. The average molecular weight is 308 g/mol. The van der Waals surface area contributed by atoms with Crippen molar-refractivity contribution in [3.8, 4) is 0 Å². The van der Waals surface area contributed by atoms with E-state index in [1.54, 1.807) is 0 Å². The molecule has 1 aliphatic carbocycles. The van der Waals surface area contributed by atoms with Crippen LogP contribution in [0.25, 0.3) is 0 Å². The van der Waals surface area contributed by atoms with Crippen molar-refractivity contribution >= 4 is 0 Å². The first kappa shape index (κ1) is 19.3. The van der Waals surface area contributed by atoms with E-state index in [9.17, 15) is 0 Å². The van der Waals surface area contributed by atoms with Crippen LogP contribution in [0.1, 0.15) is 71.7 Å². The van der Waals surface area contributed by atoms with Gasteiger partial charge in [0.05, 0.1) is 5.69 Å². The lowest BCUT2D eigenvalue weighted by Crippen LogP contribution is -2.18. The summed E-state index contributed by atoms with van der Waals surface area (Å²) < 4.78 is 5.10. The molecule has 2 heteroatoms. The summed E-state index contributed by atoms with van der Waals surface area (Å²) in [6, 6.07) is 0. The van der Waals surface area contributed by atoms with Crippen LogP contribution in [0, 0.1) is 56.3 Å². The zero-order chi connectivity index (χ0) is 17.0. The van der Waals surface area contributed by atoms with Gasteiger partial charge in [-0.3, -0.25) is 0 Å². The Kier molecular flexibility index (Phi) is 7.15. The van der Waals surface area contributed by atoms with Crippen LogP contribution in [0.3, 0.4) is 0 Å². The van der Waals surface area contributed by atoms with Gasteiger partial charge >= 0.3 is 0 Å². The summed E-state index contributed by atoms with van der Waals surface area (Å²) in [7, 11) is 0. The van der Waals surface area contributed by atoms with Crippen molar-refractivity contribution in [2.45, 2.75) is 75.2 Å². The minimum atomic E-state index is 0.750. The van der Waals surface area contributed by atoms with E-state index in [1.165, 1.54) is 12.8 Å². The molecule has 0 saturated heterocycles. The fraction of sp³-hybridized carbons (Fsp3) is 0.850. The Hall–Kier alpha value is -0.790. The summed E-state index contributed by atoms with van der Waals surface area (Å²) in [5.74, 6) is 7.29. The molecule has 2 rings (SSSR count). The number of hydrogen-bond donors (Lipinski definition) is 0. The Labute approximate surface area is 138 Å². The predicted octanol–water partition coefficient (Wildman–Crippen LogP) is 6.20. The molecule has 1 aromatic rings. The van der Waals surface area contributed by atoms with E-state index >= 15 is 0 Å². The number of hydrogen-bond acceptors (Lipinski definition) is 2. The standard InChI is InChI=1S/C14H28.C6H9NO/c1-9(2)12-7-13(10(3)4)14(8-12)11(5)6;1-4-5(2)8-6(3)7-4/h9-14H,7-8H2,1-6H3;1-3H3. The lowest BCUT2D eigenvalue weighted by molar-refractivity contribution is 0.235. The van der Waals surface area contributed by atoms with Crippen LogP contribution in [0.5, 0.6) is 0 Å². The Morgan fingerprint density at radius 3 is 1.45 bits per heavy atom. The van der Waals surface area contributed by atoms with E-state index in [0.717, 1.165) is 52.9 Å². The van der Waals surface area contributed by atoms with Gasteiger partial charge in [0.2, 0.25) is 0 Å². The molecule has 1 aromatic heterocycles. The highest BCUT2D eigenvalue weighted by Crippen LogP contribution is 2.46. The van der Waals surface area contributed by atoms with Gasteiger partial charge in [-0.25, -0.2) is 4.98 Å². The maximum Gasteiger partial charge on any atom is 0.191 e. The largest absolute Gasteiger partial charge is 0.446 e. The minimum absolute atomic E-state index is 0.750. The molecule has 1 heterocycles. The van der Waals surface area contributed by atoms with Gasteiger partial charge in [-0.2, -0.15) is 0 Å². The maximum absolute atomic E-state index is 5.10. The summed E-state index contributed by atoms with van der Waals surface area (Å²) >= 11 is 0. The molecule has 0 radical (unpaired) electrons. The predicted molar refractivity (Wildman–Crippen MR) is 94.9 cm³/mol. The van der Waals surface area contributed by atoms with E-state index in [2.05, 4.69) is 46.5 Å². The monoisotopic (exact) mass is 307 g/mol. The second kappa shape index (κ2) is 8.17. The van der Waals surface area contributed by atoms with Crippen molar-refractivity contribution in [1.82, 2.24) is 4.98 Å². The highest BCUT2D eigenvalue weighted by atomic mass is 16.4. The number of aryl methyl sites for hydroxylation is 3. The third kappa shape index (κ3) is 5.14. The second-order valence-corrected chi connectivity index (χ2v) is 8.17. The normalized spacial score (nSPS) is 25.0. The van der Waals surface area contributed by atoms with E-state index in [0.29, 0.717) is 0 Å². The lowest BCUT2D eigenvalue weighted by atomic mass is 9.80. The van der Waals surface area contributed by atoms with Crippen molar-refractivity contribution in [2.24, 2.45) is 35.5 Å². The first-order valence-electron chi connectivity index (χ1n) is 9.04. The lowest BCUT2D eigenvalue weighted by Gasteiger charge is -2.26. The maximum atomic E-state index is 5.10. The van der Waals surface area contributed by atoms with E-state index in [-0.39, 0.29) is 0 Å². The molecule has 1 aliphatic rings. The van der Waals surface area contributed by atoms with Crippen LogP contribution in [-0.2, 0) is 0 Å². The quantitative estimate of drug-likeness (QED) is 0.664. The van der Waals surface area contributed by atoms with Crippen molar-refractivity contribution in [3.05, 3.63) is 17.3 Å². The summed E-state index contributed by atoms with van der Waals surface area (Å²) in [5.41, 5.74) is 0.988. The topological polar surface area (TPSA) is 26.0 Å². The molecule has 0 aromatic carbocycles. The molecule has 1 saturated carbocycles. The molecule has 0 bridgehead atoms. The fourth-order valence-corrected chi connectivity index (χ4v) is 3.86. The van der Waals surface area contributed by atoms with E-state index in [1.807, 2.05) is 20.8 Å². The van der Waals surface area contributed by atoms with E-state index < -0.39 is 0 Å². The van der Waals surface area contributed by atoms with Gasteiger partial charge in [-0.1, -0.05) is 41.5 Å². The molecule has 2 nitrogen and oxygen atoms in total. The third-order valence-electron chi connectivity index (χ3n) is 5.49. The van der Waals surface area contributed by atoms with Gasteiger partial charge in [-0.05, 0) is 62.2 Å². The number of aromatic nitrogens is 1. The first-order valence-corrected chi connectivity index (χ1v) is 9.04. The van der Waals surface area contributed by atoms with Gasteiger partial charge in [-0.15, -0.1) is 0 Å². The molecule has 1 fully saturated rings. The molecule has 128 valence electrons. The molecule has 0 amide bonds. The highest BCUT2D eigenvalue weighted by Gasteiger charge is 2.38. The van der Waals surface area contributed by atoms with Gasteiger partial charge in [0.1, 0.15) is 5.76 Å². The molecule has 0 spiro atoms. The summed E-state index contributed by atoms with van der Waals surface area (Å²) in [4.78, 5) is 4.04. The highest BCUT2D eigenvalue weighted by molar-refractivity contribution is 5.03. The van der Waals surface area contributed by atoms with Crippen LogP contribution in [-0.4, -0.2) is 4.98 Å². The Morgan fingerprint density at radius 2 is 1.27 bits per heavy atom. The second-order valence-electron chi connectivity index (χ2n) is 8.17. The molecule has 22 heavy (non-hydrogen) atoms. The van der Waals surface area contributed by atoms with Crippen LogP contribution in [0.15, 0.2) is 4.42 Å². The van der Waals surface area contributed by atoms with Gasteiger partial charge in [0.15, 0.2) is 5.89 Å². The zero-order valence-corrected chi connectivity index (χ0v) is 16.2. The molecular formula is C20H37NO. The van der Waals surface area contributed by atoms with E-state index in [4.69, 9.17) is 4.42 Å². The summed E-state index contributed by atoms with van der Waals surface area (Å²) in [5, 5.41) is 0. The molecule has 2 unspecified atom stereocenters. The minimum Gasteiger partial charge on any atom is -0.446 e. The number of rotatable bonds is 3. The molecular weight excluding hydrogens is 270 g/mol. The van der Waals surface area contributed by atoms with Crippen molar-refractivity contribution in [3.63, 3.8) is 0 Å². The van der Waals surface area contributed by atoms with Crippen molar-refractivity contribution in [2.75, 3.05) is 0 Å². The average Bonchev–Trinajstić information content (AvgIpc) is 2.94. The Morgan fingerprint density at radius 1 is 0.818 bits per heavy atom. The smallest absolute Gasteiger partial charge is 0.191 e.